The quantitative estimate of drug-likeness (QED) is 0.893. The zero-order chi connectivity index (χ0) is 15.4. The second kappa shape index (κ2) is 6.92. The molecule has 0 bridgehead atoms. The number of rotatable bonds is 5. The summed E-state index contributed by atoms with van der Waals surface area (Å²) < 4.78 is 0. The Balaban J connectivity index is 2.15. The molecule has 0 aliphatic heterocycles. The van der Waals surface area contributed by atoms with E-state index in [1.807, 2.05) is 24.4 Å². The Bertz CT molecular complexity index is 566. The minimum absolute atomic E-state index is 0.0121. The van der Waals surface area contributed by atoms with Crippen LogP contribution in [0.25, 0.3) is 0 Å². The summed E-state index contributed by atoms with van der Waals surface area (Å²) in [5, 5.41) is 0.758. The maximum atomic E-state index is 6.00. The Morgan fingerprint density at radius 3 is 2.38 bits per heavy atom. The van der Waals surface area contributed by atoms with E-state index >= 15 is 0 Å². The van der Waals surface area contributed by atoms with Gasteiger partial charge in [-0.2, -0.15) is 0 Å². The van der Waals surface area contributed by atoms with Crippen molar-refractivity contribution in [2.45, 2.75) is 32.4 Å². The Morgan fingerprint density at radius 2 is 1.86 bits per heavy atom. The van der Waals surface area contributed by atoms with Crippen LogP contribution in [-0.2, 0) is 0 Å². The standard InChI is InChI=1S/C17H22ClN3/c1-4-16(19)17-10-9-15(11-20-17)21(3)12(2)13-5-7-14(18)8-6-13/h5-12,16H,4,19H2,1-3H3/t12?,16-/m0/s1. The van der Waals surface area contributed by atoms with Gasteiger partial charge in [-0.15, -0.1) is 0 Å². The molecule has 1 aromatic carbocycles. The van der Waals surface area contributed by atoms with Crippen LogP contribution in [0.3, 0.4) is 0 Å². The van der Waals surface area contributed by atoms with Crippen LogP contribution in [0.4, 0.5) is 5.69 Å². The molecule has 21 heavy (non-hydrogen) atoms. The maximum Gasteiger partial charge on any atom is 0.0572 e. The Labute approximate surface area is 131 Å². The van der Waals surface area contributed by atoms with Crippen molar-refractivity contribution in [3.63, 3.8) is 0 Å². The molecule has 1 aromatic heterocycles. The van der Waals surface area contributed by atoms with Gasteiger partial charge in [-0.25, -0.2) is 0 Å². The highest BCUT2D eigenvalue weighted by Crippen LogP contribution is 2.26. The topological polar surface area (TPSA) is 42.1 Å². The Morgan fingerprint density at radius 1 is 1.19 bits per heavy atom. The van der Waals surface area contributed by atoms with Gasteiger partial charge < -0.3 is 10.6 Å². The molecule has 112 valence electrons. The molecule has 0 aliphatic carbocycles. The lowest BCUT2D eigenvalue weighted by atomic mass is 10.1. The fourth-order valence-electron chi connectivity index (χ4n) is 2.22. The number of aromatic nitrogens is 1. The monoisotopic (exact) mass is 303 g/mol. The van der Waals surface area contributed by atoms with Crippen molar-refractivity contribution in [1.82, 2.24) is 4.98 Å². The predicted molar refractivity (Wildman–Crippen MR) is 89.7 cm³/mol. The number of benzene rings is 1. The lowest BCUT2D eigenvalue weighted by Crippen LogP contribution is -2.22. The first-order valence-electron chi connectivity index (χ1n) is 7.22. The van der Waals surface area contributed by atoms with Crippen LogP contribution < -0.4 is 10.6 Å². The predicted octanol–water partition coefficient (Wildman–Crippen LogP) is 4.34. The third-order valence-electron chi connectivity index (χ3n) is 3.93. The van der Waals surface area contributed by atoms with Gasteiger partial charge in [-0.3, -0.25) is 4.98 Å². The molecule has 0 saturated carbocycles. The van der Waals surface area contributed by atoms with Gasteiger partial charge in [0, 0.05) is 18.1 Å². The van der Waals surface area contributed by atoms with Crippen molar-refractivity contribution >= 4 is 17.3 Å². The average Bonchev–Trinajstić information content (AvgIpc) is 2.53. The van der Waals surface area contributed by atoms with Crippen molar-refractivity contribution in [3.8, 4) is 0 Å². The number of hydrogen-bond donors (Lipinski definition) is 1. The molecule has 2 rings (SSSR count). The smallest absolute Gasteiger partial charge is 0.0572 e. The normalized spacial score (nSPS) is 13.8. The van der Waals surface area contributed by atoms with E-state index in [4.69, 9.17) is 17.3 Å². The first-order chi connectivity index (χ1) is 10.0. The molecule has 0 fully saturated rings. The van der Waals surface area contributed by atoms with Crippen molar-refractivity contribution in [2.75, 3.05) is 11.9 Å². The van der Waals surface area contributed by atoms with Crippen LogP contribution in [-0.4, -0.2) is 12.0 Å². The maximum absolute atomic E-state index is 6.00. The van der Waals surface area contributed by atoms with Crippen LogP contribution in [0, 0.1) is 0 Å². The van der Waals surface area contributed by atoms with Crippen molar-refractivity contribution < 1.29 is 0 Å². The van der Waals surface area contributed by atoms with Crippen LogP contribution >= 0.6 is 11.6 Å². The van der Waals surface area contributed by atoms with Gasteiger partial charge in [0.15, 0.2) is 0 Å². The summed E-state index contributed by atoms with van der Waals surface area (Å²) in [5.74, 6) is 0. The van der Waals surface area contributed by atoms with E-state index in [1.54, 1.807) is 0 Å². The van der Waals surface area contributed by atoms with E-state index in [9.17, 15) is 0 Å². The number of nitrogens with zero attached hydrogens (tertiary/aromatic N) is 2. The van der Waals surface area contributed by atoms with Crippen LogP contribution in [0.2, 0.25) is 5.02 Å². The van der Waals surface area contributed by atoms with Crippen molar-refractivity contribution in [3.05, 3.63) is 58.9 Å². The highest BCUT2D eigenvalue weighted by Gasteiger charge is 2.13. The second-order valence-corrected chi connectivity index (χ2v) is 5.73. The lowest BCUT2D eigenvalue weighted by Gasteiger charge is -2.27. The molecule has 0 aliphatic rings. The highest BCUT2D eigenvalue weighted by molar-refractivity contribution is 6.30. The van der Waals surface area contributed by atoms with Crippen molar-refractivity contribution in [1.29, 1.82) is 0 Å². The number of pyridine rings is 1. The molecule has 0 saturated heterocycles. The second-order valence-electron chi connectivity index (χ2n) is 5.29. The molecular formula is C17H22ClN3. The molecule has 2 N–H and O–H groups in total. The van der Waals surface area contributed by atoms with Gasteiger partial charge in [-0.05, 0) is 43.2 Å². The van der Waals surface area contributed by atoms with Crippen LogP contribution in [0.15, 0.2) is 42.6 Å². The lowest BCUT2D eigenvalue weighted by molar-refractivity contribution is 0.673. The number of hydrogen-bond acceptors (Lipinski definition) is 3. The minimum Gasteiger partial charge on any atom is -0.367 e. The molecule has 4 heteroatoms. The highest BCUT2D eigenvalue weighted by atomic mass is 35.5. The summed E-state index contributed by atoms with van der Waals surface area (Å²) in [6.45, 7) is 4.23. The fraction of sp³-hybridized carbons (Fsp3) is 0.353. The first kappa shape index (κ1) is 15.8. The molecule has 0 spiro atoms. The fourth-order valence-corrected chi connectivity index (χ4v) is 2.35. The summed E-state index contributed by atoms with van der Waals surface area (Å²) in [6.07, 6.45) is 2.78. The molecule has 0 amide bonds. The largest absolute Gasteiger partial charge is 0.367 e. The van der Waals surface area contributed by atoms with Gasteiger partial charge in [0.2, 0.25) is 0 Å². The van der Waals surface area contributed by atoms with Gasteiger partial charge in [0.1, 0.15) is 0 Å². The Kier molecular flexibility index (Phi) is 5.21. The molecular weight excluding hydrogens is 282 g/mol. The molecule has 1 heterocycles. The van der Waals surface area contributed by atoms with Gasteiger partial charge >= 0.3 is 0 Å². The van der Waals surface area contributed by atoms with E-state index in [2.05, 4.69) is 49.0 Å². The Hall–Kier alpha value is -1.58. The van der Waals surface area contributed by atoms with E-state index in [-0.39, 0.29) is 12.1 Å². The van der Waals surface area contributed by atoms with E-state index in [0.29, 0.717) is 0 Å². The minimum atomic E-state index is 0.0121. The molecule has 2 aromatic rings. The van der Waals surface area contributed by atoms with Gasteiger partial charge in [-0.1, -0.05) is 30.7 Å². The summed E-state index contributed by atoms with van der Waals surface area (Å²) in [5.41, 5.74) is 9.23. The number of nitrogens with two attached hydrogens (primary N) is 1. The van der Waals surface area contributed by atoms with Gasteiger partial charge in [0.25, 0.3) is 0 Å². The molecule has 2 atom stereocenters. The van der Waals surface area contributed by atoms with Crippen LogP contribution in [0.1, 0.15) is 43.6 Å². The summed E-state index contributed by atoms with van der Waals surface area (Å²) in [6, 6.07) is 12.3. The zero-order valence-corrected chi connectivity index (χ0v) is 13.5. The first-order valence-corrected chi connectivity index (χ1v) is 7.60. The summed E-state index contributed by atoms with van der Waals surface area (Å²) in [4.78, 5) is 6.66. The van der Waals surface area contributed by atoms with Crippen molar-refractivity contribution in [2.24, 2.45) is 5.73 Å². The summed E-state index contributed by atoms with van der Waals surface area (Å²) in [7, 11) is 2.07. The van der Waals surface area contributed by atoms with E-state index < -0.39 is 0 Å². The third-order valence-corrected chi connectivity index (χ3v) is 4.18. The van der Waals surface area contributed by atoms with Crippen LogP contribution in [0.5, 0.6) is 0 Å². The molecule has 1 unspecified atom stereocenters. The number of halogens is 1. The van der Waals surface area contributed by atoms with Gasteiger partial charge in [0.05, 0.1) is 23.6 Å². The average molecular weight is 304 g/mol. The van der Waals surface area contributed by atoms with E-state index in [1.165, 1.54) is 5.56 Å². The molecule has 3 nitrogen and oxygen atoms in total. The van der Waals surface area contributed by atoms with E-state index in [0.717, 1.165) is 22.8 Å². The SMILES string of the molecule is CC[C@H](N)c1ccc(N(C)C(C)c2ccc(Cl)cc2)cn1. The third kappa shape index (κ3) is 3.74. The number of anilines is 1. The zero-order valence-electron chi connectivity index (χ0n) is 12.8. The summed E-state index contributed by atoms with van der Waals surface area (Å²) >= 11 is 5.94. The molecule has 0 radical (unpaired) electrons.